The molecule has 1 aromatic carbocycles. The van der Waals surface area contributed by atoms with Crippen LogP contribution < -0.4 is 10.1 Å². The van der Waals surface area contributed by atoms with E-state index in [4.69, 9.17) is 4.74 Å². The van der Waals surface area contributed by atoms with E-state index >= 15 is 0 Å². The lowest BCUT2D eigenvalue weighted by molar-refractivity contribution is -0.384. The lowest BCUT2D eigenvalue weighted by Gasteiger charge is -2.12. The van der Waals surface area contributed by atoms with E-state index < -0.39 is 4.92 Å². The van der Waals surface area contributed by atoms with Gasteiger partial charge in [0.25, 0.3) is 0 Å². The van der Waals surface area contributed by atoms with Crippen LogP contribution in [-0.4, -0.2) is 22.6 Å². The van der Waals surface area contributed by atoms with Gasteiger partial charge in [0, 0.05) is 12.6 Å². The first-order chi connectivity index (χ1) is 9.74. The van der Waals surface area contributed by atoms with Crippen LogP contribution in [0.3, 0.4) is 0 Å². The summed E-state index contributed by atoms with van der Waals surface area (Å²) < 4.78 is 5.78. The average molecular weight is 271 g/mol. The Morgan fingerprint density at radius 1 is 1.40 bits per heavy atom. The number of nitro groups is 1. The molecule has 6 nitrogen and oxygen atoms in total. The molecule has 102 valence electrons. The summed E-state index contributed by atoms with van der Waals surface area (Å²) in [5.74, 6) is 0.892. The van der Waals surface area contributed by atoms with Gasteiger partial charge in [-0.15, -0.1) is 0 Å². The van der Waals surface area contributed by atoms with E-state index in [1.54, 1.807) is 6.07 Å². The van der Waals surface area contributed by atoms with Crippen molar-refractivity contribution in [2.24, 2.45) is 0 Å². The first kappa shape index (κ1) is 12.4. The molecule has 0 bridgehead atoms. The summed E-state index contributed by atoms with van der Waals surface area (Å²) >= 11 is 0. The van der Waals surface area contributed by atoms with Crippen LogP contribution >= 0.6 is 0 Å². The molecule has 0 saturated heterocycles. The number of hydrogen-bond acceptors (Lipinski definition) is 5. The second-order valence-corrected chi connectivity index (χ2v) is 4.58. The number of rotatable bonds is 4. The number of nitrogens with zero attached hydrogens (tertiary/aromatic N) is 2. The fourth-order valence-corrected chi connectivity index (χ4v) is 2.27. The minimum Gasteiger partial charge on any atom is -0.488 e. The zero-order valence-corrected chi connectivity index (χ0v) is 10.7. The highest BCUT2D eigenvalue weighted by Crippen LogP contribution is 2.29. The molecule has 1 unspecified atom stereocenters. The Morgan fingerprint density at radius 3 is 3.05 bits per heavy atom. The van der Waals surface area contributed by atoms with E-state index in [1.165, 1.54) is 18.0 Å². The zero-order chi connectivity index (χ0) is 13.9. The standard InChI is InChI=1S/C14H13N3O3/c18-17(19)13-9-15-6-5-12(13)16-8-11-7-10-3-1-2-4-14(10)20-11/h1-6,9,11H,7-8H2,(H,15,16). The largest absolute Gasteiger partial charge is 0.488 e. The topological polar surface area (TPSA) is 77.3 Å². The number of anilines is 1. The van der Waals surface area contributed by atoms with Crippen LogP contribution in [0.15, 0.2) is 42.7 Å². The molecule has 0 radical (unpaired) electrons. The molecule has 0 spiro atoms. The van der Waals surface area contributed by atoms with Crippen LogP contribution in [-0.2, 0) is 6.42 Å². The minimum absolute atomic E-state index is 0.0137. The maximum Gasteiger partial charge on any atom is 0.310 e. The lowest BCUT2D eigenvalue weighted by Crippen LogP contribution is -2.24. The summed E-state index contributed by atoms with van der Waals surface area (Å²) in [6.45, 7) is 0.513. The van der Waals surface area contributed by atoms with Gasteiger partial charge in [-0.3, -0.25) is 15.1 Å². The molecule has 1 N–H and O–H groups in total. The zero-order valence-electron chi connectivity index (χ0n) is 10.7. The number of fused-ring (bicyclic) bond motifs is 1. The SMILES string of the molecule is O=[N+]([O-])c1cnccc1NCC1Cc2ccccc2O1. The highest BCUT2D eigenvalue weighted by Gasteiger charge is 2.23. The molecule has 1 aromatic heterocycles. The van der Waals surface area contributed by atoms with Crippen molar-refractivity contribution in [2.45, 2.75) is 12.5 Å². The molecule has 6 heteroatoms. The second-order valence-electron chi connectivity index (χ2n) is 4.58. The number of ether oxygens (including phenoxy) is 1. The van der Waals surface area contributed by atoms with Gasteiger partial charge < -0.3 is 10.1 Å². The molecule has 2 heterocycles. The smallest absolute Gasteiger partial charge is 0.310 e. The summed E-state index contributed by atoms with van der Waals surface area (Å²) in [6.07, 6.45) is 3.56. The first-order valence-corrected chi connectivity index (χ1v) is 6.31. The average Bonchev–Trinajstić information content (AvgIpc) is 2.88. The Bertz CT molecular complexity index is 620. The Labute approximate surface area is 115 Å². The minimum atomic E-state index is -0.445. The highest BCUT2D eigenvalue weighted by atomic mass is 16.6. The van der Waals surface area contributed by atoms with Gasteiger partial charge in [-0.05, 0) is 17.7 Å². The Hall–Kier alpha value is -2.63. The first-order valence-electron chi connectivity index (χ1n) is 6.31. The predicted octanol–water partition coefficient (Wildman–Crippen LogP) is 2.41. The van der Waals surface area contributed by atoms with Crippen molar-refractivity contribution in [2.75, 3.05) is 11.9 Å². The number of hydrogen-bond donors (Lipinski definition) is 1. The Kier molecular flexibility index (Phi) is 3.20. The van der Waals surface area contributed by atoms with Gasteiger partial charge in [0.2, 0.25) is 0 Å². The van der Waals surface area contributed by atoms with Gasteiger partial charge in [-0.2, -0.15) is 0 Å². The van der Waals surface area contributed by atoms with E-state index in [0.29, 0.717) is 12.2 Å². The van der Waals surface area contributed by atoms with Gasteiger partial charge in [0.1, 0.15) is 23.7 Å². The number of nitrogens with one attached hydrogen (secondary N) is 1. The lowest BCUT2D eigenvalue weighted by atomic mass is 10.1. The van der Waals surface area contributed by atoms with Gasteiger partial charge in [0.05, 0.1) is 11.5 Å². The summed E-state index contributed by atoms with van der Waals surface area (Å²) in [5.41, 5.74) is 1.61. The molecule has 1 atom stereocenters. The summed E-state index contributed by atoms with van der Waals surface area (Å²) in [5, 5.41) is 14.0. The van der Waals surface area contributed by atoms with Crippen molar-refractivity contribution in [3.8, 4) is 5.75 Å². The third kappa shape index (κ3) is 2.40. The van der Waals surface area contributed by atoms with Crippen LogP contribution in [0.4, 0.5) is 11.4 Å². The third-order valence-electron chi connectivity index (χ3n) is 3.23. The highest BCUT2D eigenvalue weighted by molar-refractivity contribution is 5.59. The number of para-hydroxylation sites is 1. The molecule has 2 aromatic rings. The summed E-state index contributed by atoms with van der Waals surface area (Å²) in [6, 6.07) is 9.47. The van der Waals surface area contributed by atoms with E-state index in [2.05, 4.69) is 10.3 Å². The van der Waals surface area contributed by atoms with Crippen molar-refractivity contribution in [3.63, 3.8) is 0 Å². The quantitative estimate of drug-likeness (QED) is 0.682. The van der Waals surface area contributed by atoms with Crippen LogP contribution in [0, 0.1) is 10.1 Å². The molecule has 0 fully saturated rings. The van der Waals surface area contributed by atoms with E-state index in [0.717, 1.165) is 12.2 Å². The second kappa shape index (κ2) is 5.16. The number of benzene rings is 1. The van der Waals surface area contributed by atoms with Crippen molar-refractivity contribution in [1.82, 2.24) is 4.98 Å². The normalized spacial score (nSPS) is 16.3. The van der Waals surface area contributed by atoms with E-state index in [9.17, 15) is 10.1 Å². The number of aromatic nitrogens is 1. The monoisotopic (exact) mass is 271 g/mol. The Morgan fingerprint density at radius 2 is 2.25 bits per heavy atom. The maximum atomic E-state index is 10.9. The van der Waals surface area contributed by atoms with Crippen LogP contribution in [0.1, 0.15) is 5.56 Å². The van der Waals surface area contributed by atoms with Gasteiger partial charge >= 0.3 is 5.69 Å². The molecule has 0 amide bonds. The molecular weight excluding hydrogens is 258 g/mol. The molecule has 0 aliphatic carbocycles. The number of pyridine rings is 1. The Balaban J connectivity index is 1.66. The summed E-state index contributed by atoms with van der Waals surface area (Å²) in [7, 11) is 0. The van der Waals surface area contributed by atoms with Crippen molar-refractivity contribution in [1.29, 1.82) is 0 Å². The van der Waals surface area contributed by atoms with Crippen molar-refractivity contribution >= 4 is 11.4 Å². The van der Waals surface area contributed by atoms with Gasteiger partial charge in [-0.25, -0.2) is 0 Å². The van der Waals surface area contributed by atoms with Gasteiger partial charge in [0.15, 0.2) is 0 Å². The summed E-state index contributed by atoms with van der Waals surface area (Å²) in [4.78, 5) is 14.2. The maximum absolute atomic E-state index is 10.9. The fourth-order valence-electron chi connectivity index (χ4n) is 2.27. The van der Waals surface area contributed by atoms with Crippen molar-refractivity contribution < 1.29 is 9.66 Å². The van der Waals surface area contributed by atoms with Crippen molar-refractivity contribution in [3.05, 3.63) is 58.4 Å². The van der Waals surface area contributed by atoms with E-state index in [1.807, 2.05) is 24.3 Å². The molecule has 0 saturated carbocycles. The fraction of sp³-hybridized carbons (Fsp3) is 0.214. The van der Waals surface area contributed by atoms with Crippen LogP contribution in [0.5, 0.6) is 5.75 Å². The third-order valence-corrected chi connectivity index (χ3v) is 3.23. The molecular formula is C14H13N3O3. The van der Waals surface area contributed by atoms with Crippen LogP contribution in [0.2, 0.25) is 0 Å². The molecule has 20 heavy (non-hydrogen) atoms. The van der Waals surface area contributed by atoms with E-state index in [-0.39, 0.29) is 11.8 Å². The van der Waals surface area contributed by atoms with Crippen LogP contribution in [0.25, 0.3) is 0 Å². The molecule has 3 rings (SSSR count). The molecule has 1 aliphatic rings. The molecule has 1 aliphatic heterocycles. The van der Waals surface area contributed by atoms with Gasteiger partial charge in [-0.1, -0.05) is 18.2 Å². The predicted molar refractivity (Wildman–Crippen MR) is 73.9 cm³/mol.